The topological polar surface area (TPSA) is 35.2 Å². The molecular formula is C16H17Br2NO. The molecule has 0 heterocycles. The number of rotatable bonds is 3. The molecule has 0 radical (unpaired) electrons. The minimum absolute atomic E-state index is 0.0832. The van der Waals surface area contributed by atoms with Gasteiger partial charge in [0.1, 0.15) is 11.5 Å². The van der Waals surface area contributed by atoms with Gasteiger partial charge < -0.3 is 10.5 Å². The third-order valence-electron chi connectivity index (χ3n) is 3.10. The molecule has 0 amide bonds. The second kappa shape index (κ2) is 6.29. The highest BCUT2D eigenvalue weighted by Gasteiger charge is 2.11. The zero-order valence-corrected chi connectivity index (χ0v) is 14.9. The number of nitrogens with two attached hydrogens (primary N) is 1. The molecule has 1 atom stereocenters. The smallest absolute Gasteiger partial charge is 0.132 e. The Hall–Kier alpha value is -0.840. The van der Waals surface area contributed by atoms with E-state index in [1.165, 1.54) is 0 Å². The van der Waals surface area contributed by atoms with Crippen molar-refractivity contribution in [3.05, 3.63) is 56.0 Å². The van der Waals surface area contributed by atoms with E-state index in [-0.39, 0.29) is 6.04 Å². The molecule has 0 saturated heterocycles. The first-order valence-electron chi connectivity index (χ1n) is 6.38. The van der Waals surface area contributed by atoms with Crippen LogP contribution in [0.3, 0.4) is 0 Å². The highest BCUT2D eigenvalue weighted by molar-refractivity contribution is 9.10. The molecule has 4 heteroatoms. The Bertz CT molecular complexity index is 615. The van der Waals surface area contributed by atoms with Crippen molar-refractivity contribution in [2.75, 3.05) is 0 Å². The molecule has 1 unspecified atom stereocenters. The molecule has 0 aliphatic heterocycles. The number of halogens is 2. The third kappa shape index (κ3) is 3.43. The maximum absolute atomic E-state index is 6.02. The van der Waals surface area contributed by atoms with Crippen molar-refractivity contribution >= 4 is 31.9 Å². The predicted octanol–water partition coefficient (Wildman–Crippen LogP) is 5.64. The maximum atomic E-state index is 6.02. The number of aryl methyl sites for hydroxylation is 2. The molecule has 0 aromatic heterocycles. The van der Waals surface area contributed by atoms with E-state index in [0.29, 0.717) is 0 Å². The van der Waals surface area contributed by atoms with E-state index >= 15 is 0 Å². The van der Waals surface area contributed by atoms with E-state index in [4.69, 9.17) is 10.5 Å². The van der Waals surface area contributed by atoms with Crippen molar-refractivity contribution in [2.24, 2.45) is 5.73 Å². The van der Waals surface area contributed by atoms with E-state index in [1.54, 1.807) is 0 Å². The minimum Gasteiger partial charge on any atom is -0.457 e. The average molecular weight is 399 g/mol. The average Bonchev–Trinajstić information content (AvgIpc) is 2.37. The first kappa shape index (κ1) is 15.5. The summed E-state index contributed by atoms with van der Waals surface area (Å²) >= 11 is 7.03. The van der Waals surface area contributed by atoms with Gasteiger partial charge in [0.15, 0.2) is 0 Å². The van der Waals surface area contributed by atoms with Gasteiger partial charge in [0.25, 0.3) is 0 Å². The number of benzene rings is 2. The van der Waals surface area contributed by atoms with Gasteiger partial charge >= 0.3 is 0 Å². The highest BCUT2D eigenvalue weighted by Crippen LogP contribution is 2.33. The van der Waals surface area contributed by atoms with E-state index in [1.807, 2.05) is 37.3 Å². The molecule has 0 aliphatic rings. The Morgan fingerprint density at radius 1 is 1.05 bits per heavy atom. The van der Waals surface area contributed by atoms with Crippen LogP contribution < -0.4 is 10.5 Å². The Morgan fingerprint density at radius 2 is 1.65 bits per heavy atom. The Labute approximate surface area is 136 Å². The van der Waals surface area contributed by atoms with Crippen LogP contribution in [-0.2, 0) is 0 Å². The van der Waals surface area contributed by atoms with Gasteiger partial charge in [0.2, 0.25) is 0 Å². The van der Waals surface area contributed by atoms with Crippen molar-refractivity contribution in [3.63, 3.8) is 0 Å². The lowest BCUT2D eigenvalue weighted by molar-refractivity contribution is 0.471. The standard InChI is InChI=1S/C16H17Br2NO/c1-9-6-13(7-10(2)16(9)18)20-15-5-4-12(17)8-14(15)11(3)19/h4-8,11H,19H2,1-3H3. The predicted molar refractivity (Wildman–Crippen MR) is 90.4 cm³/mol. The van der Waals surface area contributed by atoms with Gasteiger partial charge in [-0.25, -0.2) is 0 Å². The summed E-state index contributed by atoms with van der Waals surface area (Å²) < 4.78 is 8.14. The van der Waals surface area contributed by atoms with E-state index in [9.17, 15) is 0 Å². The molecule has 2 N–H and O–H groups in total. The highest BCUT2D eigenvalue weighted by atomic mass is 79.9. The molecule has 0 spiro atoms. The Kier molecular flexibility index (Phi) is 4.89. The van der Waals surface area contributed by atoms with Crippen LogP contribution in [0.15, 0.2) is 39.3 Å². The quantitative estimate of drug-likeness (QED) is 0.725. The van der Waals surface area contributed by atoms with Crippen LogP contribution in [0.2, 0.25) is 0 Å². The summed E-state index contributed by atoms with van der Waals surface area (Å²) in [7, 11) is 0. The van der Waals surface area contributed by atoms with Gasteiger partial charge in [-0.1, -0.05) is 31.9 Å². The lowest BCUT2D eigenvalue weighted by Crippen LogP contribution is -2.06. The normalized spacial score (nSPS) is 12.3. The summed E-state index contributed by atoms with van der Waals surface area (Å²) in [6, 6.07) is 9.85. The fraction of sp³-hybridized carbons (Fsp3) is 0.250. The van der Waals surface area contributed by atoms with Gasteiger partial charge in [0, 0.05) is 20.6 Å². The molecule has 2 aromatic rings. The molecule has 2 aromatic carbocycles. The van der Waals surface area contributed by atoms with Crippen LogP contribution in [-0.4, -0.2) is 0 Å². The molecular weight excluding hydrogens is 382 g/mol. The molecule has 0 saturated carbocycles. The van der Waals surface area contributed by atoms with Crippen LogP contribution in [0.4, 0.5) is 0 Å². The molecule has 2 nitrogen and oxygen atoms in total. The molecule has 106 valence electrons. The van der Waals surface area contributed by atoms with Crippen molar-refractivity contribution < 1.29 is 4.74 Å². The molecule has 2 rings (SSSR count). The van der Waals surface area contributed by atoms with Crippen LogP contribution in [0.5, 0.6) is 11.5 Å². The van der Waals surface area contributed by atoms with Crippen molar-refractivity contribution in [1.82, 2.24) is 0 Å². The molecule has 20 heavy (non-hydrogen) atoms. The zero-order chi connectivity index (χ0) is 14.9. The van der Waals surface area contributed by atoms with Crippen LogP contribution in [0, 0.1) is 13.8 Å². The van der Waals surface area contributed by atoms with Gasteiger partial charge in [0.05, 0.1) is 0 Å². The molecule has 0 bridgehead atoms. The summed E-state index contributed by atoms with van der Waals surface area (Å²) in [5, 5.41) is 0. The summed E-state index contributed by atoms with van der Waals surface area (Å²) in [5.41, 5.74) is 9.30. The van der Waals surface area contributed by atoms with E-state index in [2.05, 4.69) is 45.7 Å². The van der Waals surface area contributed by atoms with Gasteiger partial charge in [-0.05, 0) is 62.2 Å². The van der Waals surface area contributed by atoms with Gasteiger partial charge in [-0.2, -0.15) is 0 Å². The molecule has 0 fully saturated rings. The number of hydrogen-bond acceptors (Lipinski definition) is 2. The van der Waals surface area contributed by atoms with Crippen molar-refractivity contribution in [3.8, 4) is 11.5 Å². The monoisotopic (exact) mass is 397 g/mol. The fourth-order valence-corrected chi connectivity index (χ4v) is 2.67. The largest absolute Gasteiger partial charge is 0.457 e. The second-order valence-corrected chi connectivity index (χ2v) is 6.65. The van der Waals surface area contributed by atoms with Gasteiger partial charge in [-0.3, -0.25) is 0 Å². The lowest BCUT2D eigenvalue weighted by Gasteiger charge is -2.15. The second-order valence-electron chi connectivity index (χ2n) is 4.94. The maximum Gasteiger partial charge on any atom is 0.132 e. The lowest BCUT2D eigenvalue weighted by atomic mass is 10.1. The van der Waals surface area contributed by atoms with Crippen molar-refractivity contribution in [1.29, 1.82) is 0 Å². The van der Waals surface area contributed by atoms with Gasteiger partial charge in [-0.15, -0.1) is 0 Å². The SMILES string of the molecule is Cc1cc(Oc2ccc(Br)cc2C(C)N)cc(C)c1Br. The van der Waals surface area contributed by atoms with Crippen LogP contribution in [0.1, 0.15) is 29.7 Å². The van der Waals surface area contributed by atoms with Crippen molar-refractivity contribution in [2.45, 2.75) is 26.8 Å². The van der Waals surface area contributed by atoms with E-state index in [0.717, 1.165) is 37.1 Å². The first-order valence-corrected chi connectivity index (χ1v) is 7.96. The first-order chi connectivity index (χ1) is 9.38. The minimum atomic E-state index is -0.0832. The number of ether oxygens (including phenoxy) is 1. The molecule has 0 aliphatic carbocycles. The Morgan fingerprint density at radius 3 is 2.20 bits per heavy atom. The summed E-state index contributed by atoms with van der Waals surface area (Å²) in [5.74, 6) is 1.62. The van der Waals surface area contributed by atoms with E-state index < -0.39 is 0 Å². The fourth-order valence-electron chi connectivity index (χ4n) is 2.06. The Balaban J connectivity index is 2.40. The van der Waals surface area contributed by atoms with Crippen LogP contribution >= 0.6 is 31.9 Å². The number of hydrogen-bond donors (Lipinski definition) is 1. The summed E-state index contributed by atoms with van der Waals surface area (Å²) in [4.78, 5) is 0. The summed E-state index contributed by atoms with van der Waals surface area (Å²) in [6.45, 7) is 6.06. The third-order valence-corrected chi connectivity index (χ3v) is 4.84. The summed E-state index contributed by atoms with van der Waals surface area (Å²) in [6.07, 6.45) is 0. The van der Waals surface area contributed by atoms with Crippen LogP contribution in [0.25, 0.3) is 0 Å². The zero-order valence-electron chi connectivity index (χ0n) is 11.7.